The van der Waals surface area contributed by atoms with Crippen molar-refractivity contribution in [3.8, 4) is 0 Å². The Balaban J connectivity index is 1.76. The van der Waals surface area contributed by atoms with Crippen LogP contribution in [0.2, 0.25) is 0 Å². The van der Waals surface area contributed by atoms with Gasteiger partial charge in [-0.1, -0.05) is 45.0 Å². The molecule has 0 saturated carbocycles. The second-order valence-corrected chi connectivity index (χ2v) is 9.91. The van der Waals surface area contributed by atoms with Gasteiger partial charge in [0.15, 0.2) is 0 Å². The Labute approximate surface area is 167 Å². The molecule has 1 spiro atoms. The molecule has 1 heterocycles. The fourth-order valence-electron chi connectivity index (χ4n) is 4.89. The lowest BCUT2D eigenvalue weighted by molar-refractivity contribution is -0.136. The number of hydrogen-bond donors (Lipinski definition) is 2. The number of nitrogens with one attached hydrogen (secondary N) is 2. The first-order chi connectivity index (χ1) is 12.9. The predicted octanol–water partition coefficient (Wildman–Crippen LogP) is 3.10. The van der Waals surface area contributed by atoms with Crippen LogP contribution in [0.4, 0.5) is 4.79 Å². The van der Waals surface area contributed by atoms with Crippen LogP contribution in [0, 0.1) is 5.41 Å². The van der Waals surface area contributed by atoms with Crippen LogP contribution in [0.25, 0.3) is 0 Å². The molecule has 1 saturated heterocycles. The van der Waals surface area contributed by atoms with E-state index >= 15 is 0 Å². The van der Waals surface area contributed by atoms with E-state index in [-0.39, 0.29) is 23.8 Å². The number of benzene rings is 1. The van der Waals surface area contributed by atoms with Gasteiger partial charge in [-0.05, 0) is 56.1 Å². The first kappa shape index (κ1) is 20.4. The van der Waals surface area contributed by atoms with E-state index in [1.807, 2.05) is 38.1 Å². The van der Waals surface area contributed by atoms with Crippen LogP contribution >= 0.6 is 0 Å². The first-order valence-electron chi connectivity index (χ1n) is 9.97. The number of hydrogen-bond acceptors (Lipinski definition) is 3. The van der Waals surface area contributed by atoms with Gasteiger partial charge in [-0.2, -0.15) is 0 Å². The zero-order chi connectivity index (χ0) is 20.7. The van der Waals surface area contributed by atoms with E-state index in [9.17, 15) is 14.4 Å². The van der Waals surface area contributed by atoms with Crippen LogP contribution in [0.3, 0.4) is 0 Å². The first-order valence-corrected chi connectivity index (χ1v) is 9.97. The van der Waals surface area contributed by atoms with Gasteiger partial charge < -0.3 is 10.6 Å². The van der Waals surface area contributed by atoms with Crippen molar-refractivity contribution in [2.45, 2.75) is 71.4 Å². The van der Waals surface area contributed by atoms with Crippen LogP contribution in [0.15, 0.2) is 24.3 Å². The van der Waals surface area contributed by atoms with Crippen molar-refractivity contribution in [3.63, 3.8) is 0 Å². The van der Waals surface area contributed by atoms with E-state index in [4.69, 9.17) is 0 Å². The number of nitrogens with zero attached hydrogens (tertiary/aromatic N) is 1. The minimum absolute atomic E-state index is 0.0491. The van der Waals surface area contributed by atoms with Crippen molar-refractivity contribution in [3.05, 3.63) is 35.4 Å². The number of rotatable bonds is 4. The summed E-state index contributed by atoms with van der Waals surface area (Å²) in [5.74, 6) is -0.646. The van der Waals surface area contributed by atoms with E-state index in [2.05, 4.69) is 31.4 Å². The summed E-state index contributed by atoms with van der Waals surface area (Å²) >= 11 is 0. The average molecular weight is 386 g/mol. The van der Waals surface area contributed by atoms with Crippen LogP contribution < -0.4 is 10.6 Å². The van der Waals surface area contributed by atoms with Crippen LogP contribution in [-0.4, -0.2) is 34.8 Å². The van der Waals surface area contributed by atoms with E-state index in [1.165, 1.54) is 0 Å². The van der Waals surface area contributed by atoms with Crippen molar-refractivity contribution in [1.29, 1.82) is 0 Å². The Morgan fingerprint density at radius 2 is 1.86 bits per heavy atom. The molecule has 1 aromatic rings. The second-order valence-electron chi connectivity index (χ2n) is 9.91. The summed E-state index contributed by atoms with van der Waals surface area (Å²) in [4.78, 5) is 39.5. The van der Waals surface area contributed by atoms with Gasteiger partial charge in [0.1, 0.15) is 12.1 Å². The summed E-state index contributed by atoms with van der Waals surface area (Å²) in [6.07, 6.45) is 3.05. The van der Waals surface area contributed by atoms with Gasteiger partial charge in [-0.25, -0.2) is 4.79 Å². The SMILES string of the molecule is CC(C)(C)CC(C)(C)NC(=O)CN1C(=O)N[C@@]2(CCCc3ccccc32)C1=O. The lowest BCUT2D eigenvalue weighted by Crippen LogP contribution is -2.51. The Morgan fingerprint density at radius 1 is 1.18 bits per heavy atom. The normalized spacial score (nSPS) is 22.2. The largest absolute Gasteiger partial charge is 0.350 e. The van der Waals surface area contributed by atoms with Crippen LogP contribution in [0.1, 0.15) is 65.0 Å². The number of amides is 4. The number of carbonyl (C=O) groups is 3. The molecular formula is C22H31N3O3. The number of imide groups is 1. The molecule has 1 aromatic carbocycles. The molecule has 6 nitrogen and oxygen atoms in total. The highest BCUT2D eigenvalue weighted by Crippen LogP contribution is 2.39. The molecule has 1 aliphatic carbocycles. The lowest BCUT2D eigenvalue weighted by Gasteiger charge is -2.34. The third-order valence-electron chi connectivity index (χ3n) is 5.40. The van der Waals surface area contributed by atoms with Gasteiger partial charge in [0.25, 0.3) is 5.91 Å². The Kier molecular flexibility index (Phi) is 5.02. The maximum Gasteiger partial charge on any atom is 0.325 e. The molecule has 3 rings (SSSR count). The third-order valence-corrected chi connectivity index (χ3v) is 5.40. The highest BCUT2D eigenvalue weighted by molar-refractivity contribution is 6.09. The smallest absolute Gasteiger partial charge is 0.325 e. The molecule has 28 heavy (non-hydrogen) atoms. The molecule has 0 aromatic heterocycles. The number of fused-ring (bicyclic) bond motifs is 2. The maximum absolute atomic E-state index is 13.2. The molecule has 2 aliphatic rings. The standard InChI is InChI=1S/C22H31N3O3/c1-20(2,3)14-21(4,5)23-17(26)13-25-18(27)22(24-19(25)28)12-8-10-15-9-6-7-11-16(15)22/h6-7,9,11H,8,10,12-14H2,1-5H3,(H,23,26)(H,24,28)/t22-/m1/s1. The van der Waals surface area contributed by atoms with Gasteiger partial charge in [-0.3, -0.25) is 14.5 Å². The van der Waals surface area contributed by atoms with E-state index in [0.717, 1.165) is 35.3 Å². The maximum atomic E-state index is 13.2. The minimum atomic E-state index is -1.03. The van der Waals surface area contributed by atoms with Crippen molar-refractivity contribution < 1.29 is 14.4 Å². The molecule has 1 fully saturated rings. The second kappa shape index (κ2) is 6.90. The molecule has 152 valence electrons. The molecule has 1 aliphatic heterocycles. The highest BCUT2D eigenvalue weighted by atomic mass is 16.2. The molecular weight excluding hydrogens is 354 g/mol. The number of urea groups is 1. The summed E-state index contributed by atoms with van der Waals surface area (Å²) in [5, 5.41) is 5.87. The van der Waals surface area contributed by atoms with Gasteiger partial charge in [0.05, 0.1) is 0 Å². The summed E-state index contributed by atoms with van der Waals surface area (Å²) in [6, 6.07) is 7.24. The number of carbonyl (C=O) groups excluding carboxylic acids is 3. The predicted molar refractivity (Wildman–Crippen MR) is 108 cm³/mol. The molecule has 1 atom stereocenters. The summed E-state index contributed by atoms with van der Waals surface area (Å²) in [5.41, 5.74) is 0.528. The number of aryl methyl sites for hydroxylation is 1. The molecule has 0 bridgehead atoms. The zero-order valence-electron chi connectivity index (χ0n) is 17.5. The van der Waals surface area contributed by atoms with E-state index in [0.29, 0.717) is 6.42 Å². The fourth-order valence-corrected chi connectivity index (χ4v) is 4.89. The molecule has 2 N–H and O–H groups in total. The van der Waals surface area contributed by atoms with Crippen molar-refractivity contribution in [1.82, 2.24) is 15.5 Å². The molecule has 6 heteroatoms. The summed E-state index contributed by atoms with van der Waals surface area (Å²) in [6.45, 7) is 10.00. The zero-order valence-corrected chi connectivity index (χ0v) is 17.5. The van der Waals surface area contributed by atoms with E-state index < -0.39 is 17.1 Å². The highest BCUT2D eigenvalue weighted by Gasteiger charge is 2.54. The summed E-state index contributed by atoms with van der Waals surface area (Å²) in [7, 11) is 0. The van der Waals surface area contributed by atoms with Gasteiger partial charge in [-0.15, -0.1) is 0 Å². The van der Waals surface area contributed by atoms with Gasteiger partial charge in [0.2, 0.25) is 5.91 Å². The lowest BCUT2D eigenvalue weighted by atomic mass is 9.76. The molecule has 0 unspecified atom stereocenters. The van der Waals surface area contributed by atoms with Crippen molar-refractivity contribution in [2.24, 2.45) is 5.41 Å². The van der Waals surface area contributed by atoms with E-state index in [1.54, 1.807) is 0 Å². The Morgan fingerprint density at radius 3 is 2.54 bits per heavy atom. The molecule has 0 radical (unpaired) electrons. The quantitative estimate of drug-likeness (QED) is 0.782. The Bertz CT molecular complexity index is 809. The Hall–Kier alpha value is -2.37. The van der Waals surface area contributed by atoms with Gasteiger partial charge in [0, 0.05) is 5.54 Å². The van der Waals surface area contributed by atoms with Crippen molar-refractivity contribution in [2.75, 3.05) is 6.54 Å². The third kappa shape index (κ3) is 3.91. The van der Waals surface area contributed by atoms with Crippen molar-refractivity contribution >= 4 is 17.8 Å². The fraction of sp³-hybridized carbons (Fsp3) is 0.591. The average Bonchev–Trinajstić information content (AvgIpc) is 2.77. The monoisotopic (exact) mass is 385 g/mol. The minimum Gasteiger partial charge on any atom is -0.350 e. The van der Waals surface area contributed by atoms with Crippen LogP contribution in [0.5, 0.6) is 0 Å². The van der Waals surface area contributed by atoms with Crippen LogP contribution in [-0.2, 0) is 21.5 Å². The topological polar surface area (TPSA) is 78.5 Å². The van der Waals surface area contributed by atoms with Gasteiger partial charge >= 0.3 is 6.03 Å². The summed E-state index contributed by atoms with van der Waals surface area (Å²) < 4.78 is 0. The molecule has 4 amide bonds.